The molecule has 1 fully saturated rings. The lowest BCUT2D eigenvalue weighted by Gasteiger charge is -2.28. The van der Waals surface area contributed by atoms with Gasteiger partial charge in [-0.2, -0.15) is 5.10 Å². The molecule has 2 unspecified atom stereocenters. The van der Waals surface area contributed by atoms with Gasteiger partial charge in [-0.25, -0.2) is 5.01 Å². The Bertz CT molecular complexity index is 1340. The smallest absolute Gasteiger partial charge is 0.253 e. The van der Waals surface area contributed by atoms with Crippen LogP contribution in [0, 0.1) is 5.92 Å². The number of carbonyl (C=O) groups is 1. The summed E-state index contributed by atoms with van der Waals surface area (Å²) in [7, 11) is 0. The van der Waals surface area contributed by atoms with Crippen molar-refractivity contribution in [3.63, 3.8) is 0 Å². The van der Waals surface area contributed by atoms with E-state index in [4.69, 9.17) is 5.10 Å². The lowest BCUT2D eigenvalue weighted by atomic mass is 9.79. The van der Waals surface area contributed by atoms with Crippen LogP contribution in [-0.2, 0) is 4.79 Å². The van der Waals surface area contributed by atoms with Gasteiger partial charge in [0.15, 0.2) is 10.8 Å². The van der Waals surface area contributed by atoms with E-state index in [1.54, 1.807) is 27.7 Å². The third kappa shape index (κ3) is 3.94. The first-order chi connectivity index (χ1) is 16.3. The van der Waals surface area contributed by atoms with Gasteiger partial charge < -0.3 is 0 Å². The molecule has 1 aliphatic carbocycles. The summed E-state index contributed by atoms with van der Waals surface area (Å²) >= 11 is 4.85. The van der Waals surface area contributed by atoms with Crippen LogP contribution in [0.3, 0.4) is 0 Å². The van der Waals surface area contributed by atoms with Crippen molar-refractivity contribution >= 4 is 57.8 Å². The van der Waals surface area contributed by atoms with Crippen molar-refractivity contribution in [2.75, 3.05) is 5.75 Å². The molecular weight excluding hydrogens is 470 g/mol. The van der Waals surface area contributed by atoms with Gasteiger partial charge in [0.2, 0.25) is 0 Å². The van der Waals surface area contributed by atoms with Crippen molar-refractivity contribution in [1.82, 2.24) is 19.6 Å². The van der Waals surface area contributed by atoms with Crippen LogP contribution >= 0.6 is 34.4 Å². The largest absolute Gasteiger partial charge is 0.277 e. The van der Waals surface area contributed by atoms with E-state index in [1.807, 2.05) is 28.8 Å². The molecule has 0 radical (unpaired) electrons. The van der Waals surface area contributed by atoms with Crippen LogP contribution in [0.1, 0.15) is 35.1 Å². The number of fused-ring (bicyclic) bond motifs is 2. The van der Waals surface area contributed by atoms with Crippen molar-refractivity contribution in [3.05, 3.63) is 74.7 Å². The Kier molecular flexibility index (Phi) is 5.61. The van der Waals surface area contributed by atoms with E-state index in [9.17, 15) is 4.79 Å². The molecule has 1 aliphatic heterocycles. The first-order valence-electron chi connectivity index (χ1n) is 10.9. The Labute approximate surface area is 203 Å². The molecule has 33 heavy (non-hydrogen) atoms. The Morgan fingerprint density at radius 2 is 2.03 bits per heavy atom. The molecule has 5 heterocycles. The summed E-state index contributed by atoms with van der Waals surface area (Å²) in [4.78, 5) is 15.9. The summed E-state index contributed by atoms with van der Waals surface area (Å²) in [5.74, 6) is 0.514. The number of thiophene rings is 2. The maximum absolute atomic E-state index is 13.5. The van der Waals surface area contributed by atoms with Gasteiger partial charge in [-0.3, -0.25) is 9.20 Å². The first-order valence-corrected chi connectivity index (χ1v) is 13.6. The number of thioether (sulfide) groups is 1. The number of hydrogen-bond donors (Lipinski definition) is 0. The van der Waals surface area contributed by atoms with Crippen molar-refractivity contribution in [1.29, 1.82) is 0 Å². The number of amides is 1. The third-order valence-electron chi connectivity index (χ3n) is 6.06. The average Bonchev–Trinajstić information content (AvgIpc) is 3.64. The van der Waals surface area contributed by atoms with E-state index in [0.717, 1.165) is 30.6 Å². The molecule has 1 saturated carbocycles. The monoisotopic (exact) mass is 491 g/mol. The Morgan fingerprint density at radius 1 is 1.12 bits per heavy atom. The molecule has 2 atom stereocenters. The van der Waals surface area contributed by atoms with Crippen molar-refractivity contribution in [2.24, 2.45) is 11.0 Å². The molecule has 0 aromatic carbocycles. The molecular formula is C24H21N5OS3. The first kappa shape index (κ1) is 20.8. The van der Waals surface area contributed by atoms with Gasteiger partial charge in [0.25, 0.3) is 5.91 Å². The molecule has 0 N–H and O–H groups in total. The lowest BCUT2D eigenvalue weighted by molar-refractivity contribution is -0.130. The SMILES string of the molecule is O=C(CSc1nnc2ccccn12)N1N=C2C(=Cc3cccs3)CCCC2C1c1cccs1. The fourth-order valence-corrected chi connectivity index (χ4v) is 6.93. The summed E-state index contributed by atoms with van der Waals surface area (Å²) in [5, 5.41) is 20.0. The highest BCUT2D eigenvalue weighted by Gasteiger charge is 2.44. The number of hydrazone groups is 1. The highest BCUT2D eigenvalue weighted by atomic mass is 32.2. The molecule has 6 rings (SSSR count). The predicted octanol–water partition coefficient (Wildman–Crippen LogP) is 5.77. The highest BCUT2D eigenvalue weighted by Crippen LogP contribution is 2.45. The maximum atomic E-state index is 13.5. The molecule has 2 aliphatic rings. The minimum atomic E-state index is -0.0321. The van der Waals surface area contributed by atoms with Crippen LogP contribution in [0.5, 0.6) is 0 Å². The Balaban J connectivity index is 1.30. The summed E-state index contributed by atoms with van der Waals surface area (Å²) in [6.45, 7) is 0. The van der Waals surface area contributed by atoms with E-state index in [2.05, 4.69) is 51.3 Å². The molecule has 0 saturated heterocycles. The van der Waals surface area contributed by atoms with Crippen LogP contribution in [0.4, 0.5) is 0 Å². The predicted molar refractivity (Wildman–Crippen MR) is 135 cm³/mol. The van der Waals surface area contributed by atoms with Gasteiger partial charge in [-0.15, -0.1) is 32.9 Å². The van der Waals surface area contributed by atoms with Crippen molar-refractivity contribution in [3.8, 4) is 0 Å². The highest BCUT2D eigenvalue weighted by molar-refractivity contribution is 7.99. The second kappa shape index (κ2) is 8.89. The zero-order valence-electron chi connectivity index (χ0n) is 17.7. The van der Waals surface area contributed by atoms with E-state index >= 15 is 0 Å². The number of hydrogen-bond acceptors (Lipinski definition) is 7. The Hall–Kier alpha value is -2.75. The summed E-state index contributed by atoms with van der Waals surface area (Å²) in [5.41, 5.74) is 3.13. The van der Waals surface area contributed by atoms with Crippen molar-refractivity contribution < 1.29 is 4.79 Å². The zero-order chi connectivity index (χ0) is 22.2. The van der Waals surface area contributed by atoms with Crippen LogP contribution in [0.2, 0.25) is 0 Å². The number of carbonyl (C=O) groups excluding carboxylic acids is 1. The van der Waals surface area contributed by atoms with Crippen molar-refractivity contribution in [2.45, 2.75) is 30.5 Å². The quantitative estimate of drug-likeness (QED) is 0.333. The van der Waals surface area contributed by atoms with Gasteiger partial charge in [0.1, 0.15) is 0 Å². The van der Waals surface area contributed by atoms with Crippen LogP contribution in [0.25, 0.3) is 11.7 Å². The fraction of sp³-hybridized carbons (Fsp3) is 0.250. The number of rotatable bonds is 5. The summed E-state index contributed by atoms with van der Waals surface area (Å²) in [6.07, 6.45) is 7.35. The Morgan fingerprint density at radius 3 is 2.88 bits per heavy atom. The molecule has 1 amide bonds. The zero-order valence-corrected chi connectivity index (χ0v) is 20.2. The average molecular weight is 492 g/mol. The molecule has 9 heteroatoms. The topological polar surface area (TPSA) is 62.9 Å². The van der Waals surface area contributed by atoms with E-state index in [1.165, 1.54) is 27.1 Å². The van der Waals surface area contributed by atoms with Crippen LogP contribution < -0.4 is 0 Å². The molecule has 0 bridgehead atoms. The number of pyridine rings is 1. The standard InChI is InChI=1S/C24H21N5OS3/c30-21(15-33-24-26-25-20-10-1-2-11-28(20)24)29-23(19-9-5-13-32-19)18-8-3-6-16(22(18)27-29)14-17-7-4-12-31-17/h1-2,4-5,7,9-14,18,23H,3,6,8,15H2. The second-order valence-corrected chi connectivity index (χ2v) is 11.0. The lowest BCUT2D eigenvalue weighted by Crippen LogP contribution is -2.32. The second-order valence-electron chi connectivity index (χ2n) is 8.07. The van der Waals surface area contributed by atoms with Gasteiger partial charge in [0.05, 0.1) is 17.5 Å². The maximum Gasteiger partial charge on any atom is 0.253 e. The van der Waals surface area contributed by atoms with Gasteiger partial charge in [0, 0.05) is 21.9 Å². The van der Waals surface area contributed by atoms with Gasteiger partial charge in [-0.1, -0.05) is 30.0 Å². The molecule has 0 spiro atoms. The number of allylic oxidation sites excluding steroid dienone is 1. The molecule has 4 aromatic rings. The fourth-order valence-electron chi connectivity index (χ4n) is 4.60. The minimum absolute atomic E-state index is 0.00320. The molecule has 166 valence electrons. The normalized spacial score (nSPS) is 21.5. The number of nitrogens with zero attached hydrogens (tertiary/aromatic N) is 5. The summed E-state index contributed by atoms with van der Waals surface area (Å²) < 4.78 is 1.91. The number of aromatic nitrogens is 3. The van der Waals surface area contributed by atoms with Crippen LogP contribution in [-0.4, -0.2) is 37.0 Å². The van der Waals surface area contributed by atoms with Gasteiger partial charge >= 0.3 is 0 Å². The van der Waals surface area contributed by atoms with E-state index in [-0.39, 0.29) is 23.6 Å². The van der Waals surface area contributed by atoms with Gasteiger partial charge in [-0.05, 0) is 65.9 Å². The molecule has 4 aromatic heterocycles. The van der Waals surface area contributed by atoms with E-state index < -0.39 is 0 Å². The third-order valence-corrected chi connectivity index (χ3v) is 8.75. The van der Waals surface area contributed by atoms with E-state index in [0.29, 0.717) is 5.16 Å². The molecule has 6 nitrogen and oxygen atoms in total. The van der Waals surface area contributed by atoms with Crippen LogP contribution in [0.15, 0.2) is 75.3 Å². The summed E-state index contributed by atoms with van der Waals surface area (Å²) in [6, 6.07) is 14.1. The minimum Gasteiger partial charge on any atom is -0.277 e.